The highest BCUT2D eigenvalue weighted by atomic mass is 15.5. The minimum absolute atomic E-state index is 0.151. The van der Waals surface area contributed by atoms with E-state index in [0.29, 0.717) is 0 Å². The Morgan fingerprint density at radius 2 is 1.56 bits per heavy atom. The molecular weight excluding hydrogens is 196 g/mol. The third-order valence-electron chi connectivity index (χ3n) is 4.10. The van der Waals surface area contributed by atoms with Crippen LogP contribution in [-0.4, -0.2) is 16.1 Å². The van der Waals surface area contributed by atoms with Crippen molar-refractivity contribution >= 4 is 0 Å². The molecule has 0 aliphatic carbocycles. The lowest BCUT2D eigenvalue weighted by Gasteiger charge is -2.53. The number of hydrogen-bond donors (Lipinski definition) is 1. The Kier molecular flexibility index (Phi) is 4.42. The molecule has 1 heterocycles. The number of piperidine rings is 1. The van der Waals surface area contributed by atoms with E-state index < -0.39 is 0 Å². The molecule has 1 rings (SSSR count). The standard InChI is InChI=1S/C14H30N2/c1-6-7-8-9-12-10-13(2,3)16(15)14(4,5)11-12/h12H,6-11,15H2,1-5H3. The first-order valence-electron chi connectivity index (χ1n) is 6.84. The molecule has 0 amide bonds. The van der Waals surface area contributed by atoms with Crippen molar-refractivity contribution in [1.82, 2.24) is 5.01 Å². The molecule has 1 saturated heterocycles. The number of hydrogen-bond acceptors (Lipinski definition) is 2. The van der Waals surface area contributed by atoms with Gasteiger partial charge in [0, 0.05) is 11.1 Å². The van der Waals surface area contributed by atoms with Gasteiger partial charge in [-0.25, -0.2) is 5.01 Å². The zero-order valence-corrected chi connectivity index (χ0v) is 11.8. The second kappa shape index (κ2) is 5.05. The van der Waals surface area contributed by atoms with Crippen LogP contribution in [0.5, 0.6) is 0 Å². The molecule has 0 aromatic carbocycles. The van der Waals surface area contributed by atoms with Crippen molar-refractivity contribution in [3.05, 3.63) is 0 Å². The second-order valence-electron chi connectivity index (χ2n) is 6.76. The van der Waals surface area contributed by atoms with Gasteiger partial charge < -0.3 is 0 Å². The van der Waals surface area contributed by atoms with Gasteiger partial charge in [-0.3, -0.25) is 5.84 Å². The van der Waals surface area contributed by atoms with Gasteiger partial charge in [-0.15, -0.1) is 0 Å². The number of hydrazine groups is 1. The molecule has 0 aromatic heterocycles. The first-order valence-corrected chi connectivity index (χ1v) is 6.84. The minimum Gasteiger partial charge on any atom is -0.268 e. The SMILES string of the molecule is CCCCCC1CC(C)(C)N(N)C(C)(C)C1. The van der Waals surface area contributed by atoms with E-state index in [2.05, 4.69) is 39.6 Å². The van der Waals surface area contributed by atoms with Crippen molar-refractivity contribution in [2.24, 2.45) is 11.8 Å². The van der Waals surface area contributed by atoms with E-state index in [-0.39, 0.29) is 11.1 Å². The van der Waals surface area contributed by atoms with E-state index in [9.17, 15) is 0 Å². The third kappa shape index (κ3) is 3.21. The van der Waals surface area contributed by atoms with Crippen molar-refractivity contribution in [3.8, 4) is 0 Å². The van der Waals surface area contributed by atoms with Crippen LogP contribution in [0, 0.1) is 5.92 Å². The van der Waals surface area contributed by atoms with Gasteiger partial charge in [0.25, 0.3) is 0 Å². The molecule has 0 saturated carbocycles. The van der Waals surface area contributed by atoms with Crippen LogP contribution < -0.4 is 5.84 Å². The molecule has 1 fully saturated rings. The Balaban J connectivity index is 2.57. The van der Waals surface area contributed by atoms with E-state index >= 15 is 0 Å². The molecule has 96 valence electrons. The lowest BCUT2D eigenvalue weighted by atomic mass is 9.73. The zero-order valence-electron chi connectivity index (χ0n) is 11.8. The van der Waals surface area contributed by atoms with E-state index in [1.54, 1.807) is 0 Å². The highest BCUT2D eigenvalue weighted by Crippen LogP contribution is 2.40. The first kappa shape index (κ1) is 14.0. The predicted molar refractivity (Wildman–Crippen MR) is 71.1 cm³/mol. The highest BCUT2D eigenvalue weighted by Gasteiger charge is 2.43. The van der Waals surface area contributed by atoms with Gasteiger partial charge >= 0.3 is 0 Å². The largest absolute Gasteiger partial charge is 0.268 e. The lowest BCUT2D eigenvalue weighted by Crippen LogP contribution is -2.63. The average molecular weight is 226 g/mol. The Morgan fingerprint density at radius 3 is 2.00 bits per heavy atom. The molecule has 0 unspecified atom stereocenters. The van der Waals surface area contributed by atoms with Crippen LogP contribution in [0.4, 0.5) is 0 Å². The molecule has 2 nitrogen and oxygen atoms in total. The van der Waals surface area contributed by atoms with E-state index in [4.69, 9.17) is 5.84 Å². The van der Waals surface area contributed by atoms with E-state index in [0.717, 1.165) is 5.92 Å². The van der Waals surface area contributed by atoms with Crippen LogP contribution in [0.2, 0.25) is 0 Å². The zero-order chi connectivity index (χ0) is 12.4. The molecule has 16 heavy (non-hydrogen) atoms. The van der Waals surface area contributed by atoms with Crippen molar-refractivity contribution in [1.29, 1.82) is 0 Å². The minimum atomic E-state index is 0.151. The number of nitrogens with two attached hydrogens (primary N) is 1. The van der Waals surface area contributed by atoms with Crippen molar-refractivity contribution in [3.63, 3.8) is 0 Å². The Bertz CT molecular complexity index is 203. The van der Waals surface area contributed by atoms with Crippen LogP contribution >= 0.6 is 0 Å². The number of nitrogens with zero attached hydrogens (tertiary/aromatic N) is 1. The van der Waals surface area contributed by atoms with Gasteiger partial charge in [0.2, 0.25) is 0 Å². The monoisotopic (exact) mass is 226 g/mol. The fraction of sp³-hybridized carbons (Fsp3) is 1.00. The topological polar surface area (TPSA) is 29.3 Å². The molecular formula is C14H30N2. The summed E-state index contributed by atoms with van der Waals surface area (Å²) < 4.78 is 0. The maximum absolute atomic E-state index is 6.24. The summed E-state index contributed by atoms with van der Waals surface area (Å²) >= 11 is 0. The number of unbranched alkanes of at least 4 members (excludes halogenated alkanes) is 2. The van der Waals surface area contributed by atoms with Crippen molar-refractivity contribution in [2.75, 3.05) is 0 Å². The average Bonchev–Trinajstić information content (AvgIpc) is 2.14. The second-order valence-corrected chi connectivity index (χ2v) is 6.76. The predicted octanol–water partition coefficient (Wildman–Crippen LogP) is 3.71. The van der Waals surface area contributed by atoms with Crippen LogP contribution in [-0.2, 0) is 0 Å². The molecule has 1 aliphatic heterocycles. The fourth-order valence-electron chi connectivity index (χ4n) is 3.39. The van der Waals surface area contributed by atoms with Gasteiger partial charge in [0.15, 0.2) is 0 Å². The summed E-state index contributed by atoms with van der Waals surface area (Å²) in [5.74, 6) is 7.10. The molecule has 0 spiro atoms. The maximum Gasteiger partial charge on any atom is 0.0304 e. The normalized spacial score (nSPS) is 25.9. The molecule has 2 N–H and O–H groups in total. The van der Waals surface area contributed by atoms with Gasteiger partial charge in [0.05, 0.1) is 0 Å². The van der Waals surface area contributed by atoms with Crippen molar-refractivity contribution in [2.45, 2.75) is 84.2 Å². The van der Waals surface area contributed by atoms with Crippen LogP contribution in [0.25, 0.3) is 0 Å². The molecule has 0 bridgehead atoms. The van der Waals surface area contributed by atoms with Gasteiger partial charge in [0.1, 0.15) is 0 Å². The summed E-state index contributed by atoms with van der Waals surface area (Å²) in [5.41, 5.74) is 0.303. The van der Waals surface area contributed by atoms with Crippen molar-refractivity contribution < 1.29 is 0 Å². The van der Waals surface area contributed by atoms with Crippen LogP contribution in [0.3, 0.4) is 0 Å². The molecule has 1 aliphatic rings. The van der Waals surface area contributed by atoms with E-state index in [1.807, 2.05) is 0 Å². The number of rotatable bonds is 4. The van der Waals surface area contributed by atoms with E-state index in [1.165, 1.54) is 38.5 Å². The summed E-state index contributed by atoms with van der Waals surface area (Å²) in [5, 5.41) is 2.08. The summed E-state index contributed by atoms with van der Waals surface area (Å²) in [4.78, 5) is 0. The summed E-state index contributed by atoms with van der Waals surface area (Å²) in [6, 6.07) is 0. The highest BCUT2D eigenvalue weighted by molar-refractivity contribution is 4.97. The first-order chi connectivity index (χ1) is 7.29. The quantitative estimate of drug-likeness (QED) is 0.585. The van der Waals surface area contributed by atoms with Crippen LogP contribution in [0.1, 0.15) is 73.1 Å². The maximum atomic E-state index is 6.24. The van der Waals surface area contributed by atoms with Crippen LogP contribution in [0.15, 0.2) is 0 Å². The molecule has 0 radical (unpaired) electrons. The Morgan fingerprint density at radius 1 is 1.06 bits per heavy atom. The Hall–Kier alpha value is -0.0800. The molecule has 0 atom stereocenters. The Labute approximate surface area is 102 Å². The summed E-state index contributed by atoms with van der Waals surface area (Å²) in [6.07, 6.45) is 7.96. The lowest BCUT2D eigenvalue weighted by molar-refractivity contribution is -0.0546. The molecule has 2 heteroatoms. The summed E-state index contributed by atoms with van der Waals surface area (Å²) in [6.45, 7) is 11.4. The van der Waals surface area contributed by atoms with Gasteiger partial charge in [-0.05, 0) is 46.5 Å². The smallest absolute Gasteiger partial charge is 0.0304 e. The third-order valence-corrected chi connectivity index (χ3v) is 4.10. The van der Waals surface area contributed by atoms with Gasteiger partial charge in [-0.1, -0.05) is 32.6 Å². The summed E-state index contributed by atoms with van der Waals surface area (Å²) in [7, 11) is 0. The molecule has 0 aromatic rings. The fourth-order valence-corrected chi connectivity index (χ4v) is 3.39. The van der Waals surface area contributed by atoms with Gasteiger partial charge in [-0.2, -0.15) is 0 Å².